The minimum absolute atomic E-state index is 0.721. The Morgan fingerprint density at radius 2 is 1.50 bits per heavy atom. The fourth-order valence-corrected chi connectivity index (χ4v) is 2.08. The topological polar surface area (TPSA) is 12.5 Å². The molecule has 0 aromatic carbocycles. The summed E-state index contributed by atoms with van der Waals surface area (Å²) >= 11 is 0. The van der Waals surface area contributed by atoms with Crippen LogP contribution in [0.5, 0.6) is 0 Å². The average Bonchev–Trinajstić information content (AvgIpc) is 2.45. The highest BCUT2D eigenvalue weighted by Gasteiger charge is 2.54. The van der Waals surface area contributed by atoms with Gasteiger partial charge >= 0.3 is 0 Å². The van der Waals surface area contributed by atoms with E-state index in [0.29, 0.717) is 0 Å². The van der Waals surface area contributed by atoms with Gasteiger partial charge in [-0.15, -0.1) is 0 Å². The minimum Gasteiger partial charge on any atom is -0.370 e. The van der Waals surface area contributed by atoms with E-state index < -0.39 is 0 Å². The number of rotatable bonds is 0. The summed E-state index contributed by atoms with van der Waals surface area (Å²) < 4.78 is 5.38. The molecule has 0 bridgehead atoms. The molecule has 0 spiro atoms. The van der Waals surface area contributed by atoms with Crippen molar-refractivity contribution in [2.24, 2.45) is 11.8 Å². The van der Waals surface area contributed by atoms with Gasteiger partial charge < -0.3 is 4.74 Å². The number of ether oxygens (including phenoxy) is 1. The van der Waals surface area contributed by atoms with Gasteiger partial charge in [-0.05, 0) is 31.1 Å². The Kier molecular flexibility index (Phi) is 0.472. The van der Waals surface area contributed by atoms with Crippen molar-refractivity contribution in [2.75, 3.05) is 0 Å². The largest absolute Gasteiger partial charge is 0.370 e. The van der Waals surface area contributed by atoms with Crippen LogP contribution in [0.1, 0.15) is 19.3 Å². The van der Waals surface area contributed by atoms with Gasteiger partial charge in [-0.1, -0.05) is 0 Å². The van der Waals surface area contributed by atoms with Crippen molar-refractivity contribution in [3.05, 3.63) is 0 Å². The Bertz CT molecular complexity index is 104. The molecular formula is C7H10O. The fourth-order valence-electron chi connectivity index (χ4n) is 2.08. The zero-order valence-corrected chi connectivity index (χ0v) is 4.84. The monoisotopic (exact) mass is 110 g/mol. The molecule has 3 rings (SSSR count). The molecule has 0 aromatic rings. The van der Waals surface area contributed by atoms with E-state index in [0.717, 1.165) is 24.0 Å². The van der Waals surface area contributed by atoms with Crippen LogP contribution < -0.4 is 0 Å². The molecule has 44 valence electrons. The van der Waals surface area contributed by atoms with Crippen LogP contribution in [0.15, 0.2) is 0 Å². The molecule has 1 heteroatoms. The van der Waals surface area contributed by atoms with Crippen molar-refractivity contribution in [3.63, 3.8) is 0 Å². The lowest BCUT2D eigenvalue weighted by Crippen LogP contribution is -2.03. The molecular weight excluding hydrogens is 100 g/mol. The number of hydrogen-bond donors (Lipinski definition) is 0. The molecule has 4 atom stereocenters. The van der Waals surface area contributed by atoms with E-state index in [1.165, 1.54) is 19.3 Å². The highest BCUT2D eigenvalue weighted by molar-refractivity contribution is 5.03. The summed E-state index contributed by atoms with van der Waals surface area (Å²) in [7, 11) is 0. The first-order valence-electron chi connectivity index (χ1n) is 3.59. The molecule has 1 saturated heterocycles. The maximum absolute atomic E-state index is 5.38. The maximum atomic E-state index is 5.38. The normalized spacial score (nSPS) is 66.0. The highest BCUT2D eigenvalue weighted by atomic mass is 16.6. The Balaban J connectivity index is 1.85. The molecule has 3 fully saturated rings. The predicted octanol–water partition coefficient (Wildman–Crippen LogP) is 1.18. The predicted molar refractivity (Wildman–Crippen MR) is 29.5 cm³/mol. The van der Waals surface area contributed by atoms with Gasteiger partial charge in [0.05, 0.1) is 12.2 Å². The number of fused-ring (bicyclic) bond motifs is 2. The van der Waals surface area contributed by atoms with Crippen molar-refractivity contribution < 1.29 is 4.74 Å². The van der Waals surface area contributed by atoms with Gasteiger partial charge in [0.2, 0.25) is 0 Å². The number of hydrogen-bond acceptors (Lipinski definition) is 1. The summed E-state index contributed by atoms with van der Waals surface area (Å²) in [6, 6.07) is 0. The van der Waals surface area contributed by atoms with Crippen LogP contribution in [0.2, 0.25) is 0 Å². The van der Waals surface area contributed by atoms with Crippen LogP contribution in [-0.4, -0.2) is 12.2 Å². The van der Waals surface area contributed by atoms with Crippen molar-refractivity contribution in [2.45, 2.75) is 31.5 Å². The van der Waals surface area contributed by atoms with E-state index in [1.807, 2.05) is 0 Å². The molecule has 0 aromatic heterocycles. The van der Waals surface area contributed by atoms with Crippen LogP contribution in [0.4, 0.5) is 0 Å². The van der Waals surface area contributed by atoms with Crippen molar-refractivity contribution in [1.82, 2.24) is 0 Å². The second-order valence-electron chi connectivity index (χ2n) is 3.44. The third kappa shape index (κ3) is 0.368. The first kappa shape index (κ1) is 3.89. The minimum atomic E-state index is 0.721. The molecule has 0 N–H and O–H groups in total. The molecule has 2 saturated carbocycles. The van der Waals surface area contributed by atoms with E-state index >= 15 is 0 Å². The zero-order chi connectivity index (χ0) is 5.14. The molecule has 1 nitrogen and oxygen atoms in total. The van der Waals surface area contributed by atoms with Gasteiger partial charge in [-0.25, -0.2) is 0 Å². The van der Waals surface area contributed by atoms with Gasteiger partial charge in [-0.3, -0.25) is 0 Å². The number of epoxide rings is 1. The van der Waals surface area contributed by atoms with Crippen LogP contribution in [-0.2, 0) is 4.74 Å². The van der Waals surface area contributed by atoms with Crippen LogP contribution in [0, 0.1) is 11.8 Å². The van der Waals surface area contributed by atoms with E-state index in [9.17, 15) is 0 Å². The van der Waals surface area contributed by atoms with Gasteiger partial charge in [-0.2, -0.15) is 0 Å². The Hall–Kier alpha value is -0.0400. The quantitative estimate of drug-likeness (QED) is 0.427. The first-order chi connectivity index (χ1) is 3.93. The fraction of sp³-hybridized carbons (Fsp3) is 1.00. The summed E-state index contributed by atoms with van der Waals surface area (Å²) in [6.45, 7) is 0. The third-order valence-corrected chi connectivity index (χ3v) is 2.83. The molecule has 8 heavy (non-hydrogen) atoms. The Morgan fingerprint density at radius 3 is 2.12 bits per heavy atom. The van der Waals surface area contributed by atoms with Gasteiger partial charge in [0.15, 0.2) is 0 Å². The lowest BCUT2D eigenvalue weighted by molar-refractivity contribution is 0.363. The highest BCUT2D eigenvalue weighted by Crippen LogP contribution is 2.55. The summed E-state index contributed by atoms with van der Waals surface area (Å²) in [5.74, 6) is 2.19. The van der Waals surface area contributed by atoms with Crippen molar-refractivity contribution in [3.8, 4) is 0 Å². The molecule has 1 aliphatic heterocycles. The van der Waals surface area contributed by atoms with Gasteiger partial charge in [0.1, 0.15) is 0 Å². The second-order valence-corrected chi connectivity index (χ2v) is 3.44. The van der Waals surface area contributed by atoms with Crippen molar-refractivity contribution in [1.29, 1.82) is 0 Å². The standard InChI is InChI=1S/C7H10O/c1-4-2-6-7(8-6)3-5(1)4/h4-7H,1-3H2/t4-,5+,6-,7-/m1/s1. The SMILES string of the molecule is C1[C@@H]2C[C@H]3O[C@@H]3C[C@H]12. The summed E-state index contributed by atoms with van der Waals surface area (Å²) in [6.07, 6.45) is 5.76. The average molecular weight is 110 g/mol. The first-order valence-corrected chi connectivity index (χ1v) is 3.59. The van der Waals surface area contributed by atoms with Gasteiger partial charge in [0.25, 0.3) is 0 Å². The Labute approximate surface area is 49.0 Å². The lowest BCUT2D eigenvalue weighted by atomic mass is 10.0. The summed E-state index contributed by atoms with van der Waals surface area (Å²) in [5, 5.41) is 0. The summed E-state index contributed by atoms with van der Waals surface area (Å²) in [4.78, 5) is 0. The zero-order valence-electron chi connectivity index (χ0n) is 4.84. The van der Waals surface area contributed by atoms with E-state index in [1.54, 1.807) is 0 Å². The van der Waals surface area contributed by atoms with E-state index in [-0.39, 0.29) is 0 Å². The molecule has 0 unspecified atom stereocenters. The smallest absolute Gasteiger partial charge is 0.0844 e. The molecule has 0 radical (unpaired) electrons. The van der Waals surface area contributed by atoms with E-state index in [4.69, 9.17) is 4.74 Å². The Morgan fingerprint density at radius 1 is 0.875 bits per heavy atom. The van der Waals surface area contributed by atoms with Crippen LogP contribution in [0.3, 0.4) is 0 Å². The third-order valence-electron chi connectivity index (χ3n) is 2.83. The maximum Gasteiger partial charge on any atom is 0.0844 e. The molecule has 1 heterocycles. The lowest BCUT2D eigenvalue weighted by Gasteiger charge is -1.99. The molecule has 2 aliphatic carbocycles. The summed E-state index contributed by atoms with van der Waals surface area (Å²) in [5.41, 5.74) is 0. The van der Waals surface area contributed by atoms with Crippen molar-refractivity contribution >= 4 is 0 Å². The molecule has 3 aliphatic rings. The van der Waals surface area contributed by atoms with Crippen LogP contribution >= 0.6 is 0 Å². The van der Waals surface area contributed by atoms with Gasteiger partial charge in [0, 0.05) is 0 Å². The van der Waals surface area contributed by atoms with Crippen LogP contribution in [0.25, 0.3) is 0 Å². The second kappa shape index (κ2) is 0.971. The molecule has 0 amide bonds. The van der Waals surface area contributed by atoms with E-state index in [2.05, 4.69) is 0 Å².